The maximum absolute atomic E-state index is 13.7. The van der Waals surface area contributed by atoms with Gasteiger partial charge >= 0.3 is 0 Å². The van der Waals surface area contributed by atoms with Crippen LogP contribution in [0.15, 0.2) is 36.4 Å². The molecule has 0 amide bonds. The molecule has 0 aliphatic heterocycles. The quantitative estimate of drug-likeness (QED) is 0.216. The van der Waals surface area contributed by atoms with E-state index in [4.69, 9.17) is 4.74 Å². The summed E-state index contributed by atoms with van der Waals surface area (Å²) in [6, 6.07) is 8.35. The Morgan fingerprint density at radius 2 is 1.63 bits per heavy atom. The monoisotopic (exact) mass is 420 g/mol. The summed E-state index contributed by atoms with van der Waals surface area (Å²) < 4.78 is 33.1. The van der Waals surface area contributed by atoms with Crippen molar-refractivity contribution in [3.63, 3.8) is 0 Å². The zero-order valence-electron chi connectivity index (χ0n) is 19.1. The lowest BCUT2D eigenvalue weighted by molar-refractivity contribution is -0.102. The Balaban J connectivity index is 1.74. The van der Waals surface area contributed by atoms with Gasteiger partial charge in [-0.05, 0) is 68.4 Å². The van der Waals surface area contributed by atoms with E-state index in [-0.39, 0.29) is 12.5 Å². The Kier molecular flexibility index (Phi) is 12.3. The maximum atomic E-state index is 13.7. The molecule has 0 radical (unpaired) electrons. The molecule has 2 rings (SSSR count). The average Bonchev–Trinajstić information content (AvgIpc) is 2.76. The van der Waals surface area contributed by atoms with Crippen LogP contribution in [0.3, 0.4) is 0 Å². The molecule has 1 aromatic carbocycles. The SMILES string of the molecule is C/C=C/CCC1CCC(C(OCc2ccc(CCCCCCC)cc2)C(F)F)CC1. The minimum Gasteiger partial charge on any atom is -0.367 e. The number of benzene rings is 1. The van der Waals surface area contributed by atoms with Gasteiger partial charge in [0.15, 0.2) is 0 Å². The predicted octanol–water partition coefficient (Wildman–Crippen LogP) is 8.51. The van der Waals surface area contributed by atoms with Gasteiger partial charge in [0.25, 0.3) is 6.43 Å². The van der Waals surface area contributed by atoms with Crippen LogP contribution in [0.25, 0.3) is 0 Å². The molecule has 1 aliphatic carbocycles. The van der Waals surface area contributed by atoms with E-state index in [0.717, 1.165) is 44.1 Å². The lowest BCUT2D eigenvalue weighted by atomic mass is 9.77. The summed E-state index contributed by atoms with van der Waals surface area (Å²) in [6.07, 6.45) is 14.6. The molecule has 1 saturated carbocycles. The second-order valence-corrected chi connectivity index (χ2v) is 9.02. The van der Waals surface area contributed by atoms with Crippen LogP contribution in [0.5, 0.6) is 0 Å². The van der Waals surface area contributed by atoms with Crippen molar-refractivity contribution in [2.24, 2.45) is 11.8 Å². The smallest absolute Gasteiger partial charge is 0.264 e. The highest BCUT2D eigenvalue weighted by Gasteiger charge is 2.33. The minimum absolute atomic E-state index is 0.00892. The van der Waals surface area contributed by atoms with Crippen LogP contribution in [0.4, 0.5) is 8.78 Å². The normalized spacial score (nSPS) is 20.8. The van der Waals surface area contributed by atoms with Crippen LogP contribution in [0.2, 0.25) is 0 Å². The molecule has 1 atom stereocenters. The van der Waals surface area contributed by atoms with Crippen LogP contribution in [-0.4, -0.2) is 12.5 Å². The van der Waals surface area contributed by atoms with Gasteiger partial charge in [0.05, 0.1) is 6.61 Å². The van der Waals surface area contributed by atoms with Crippen molar-refractivity contribution in [3.8, 4) is 0 Å². The molecule has 0 aromatic heterocycles. The lowest BCUT2D eigenvalue weighted by Crippen LogP contribution is -2.34. The van der Waals surface area contributed by atoms with E-state index in [1.165, 1.54) is 44.1 Å². The van der Waals surface area contributed by atoms with Crippen molar-refractivity contribution >= 4 is 0 Å². The molecular weight excluding hydrogens is 378 g/mol. The minimum atomic E-state index is -2.41. The van der Waals surface area contributed by atoms with Crippen molar-refractivity contribution in [1.82, 2.24) is 0 Å². The van der Waals surface area contributed by atoms with Crippen LogP contribution in [0.1, 0.15) is 95.6 Å². The summed E-state index contributed by atoms with van der Waals surface area (Å²) in [5.74, 6) is 0.677. The fourth-order valence-corrected chi connectivity index (χ4v) is 4.65. The van der Waals surface area contributed by atoms with E-state index >= 15 is 0 Å². The first-order valence-corrected chi connectivity index (χ1v) is 12.2. The predicted molar refractivity (Wildman–Crippen MR) is 123 cm³/mol. The molecule has 1 fully saturated rings. The lowest BCUT2D eigenvalue weighted by Gasteiger charge is -2.33. The summed E-state index contributed by atoms with van der Waals surface area (Å²) in [5, 5.41) is 0. The summed E-state index contributed by atoms with van der Waals surface area (Å²) in [6.45, 7) is 4.56. The first kappa shape index (κ1) is 25.0. The van der Waals surface area contributed by atoms with E-state index in [2.05, 4.69) is 31.2 Å². The largest absolute Gasteiger partial charge is 0.367 e. The molecule has 1 nitrogen and oxygen atoms in total. The van der Waals surface area contributed by atoms with E-state index < -0.39 is 12.5 Å². The van der Waals surface area contributed by atoms with E-state index in [1.807, 2.05) is 19.1 Å². The van der Waals surface area contributed by atoms with Gasteiger partial charge in [0.1, 0.15) is 6.10 Å². The first-order valence-electron chi connectivity index (χ1n) is 12.2. The molecule has 170 valence electrons. The Bertz CT molecular complexity index is 573. The van der Waals surface area contributed by atoms with Gasteiger partial charge in [-0.1, -0.05) is 81.9 Å². The van der Waals surface area contributed by atoms with Crippen molar-refractivity contribution < 1.29 is 13.5 Å². The van der Waals surface area contributed by atoms with Crippen molar-refractivity contribution in [1.29, 1.82) is 0 Å². The number of aryl methyl sites for hydroxylation is 1. The number of ether oxygens (including phenoxy) is 1. The molecule has 1 aromatic rings. The molecule has 0 bridgehead atoms. The molecule has 0 spiro atoms. The second kappa shape index (κ2) is 14.7. The summed E-state index contributed by atoms with van der Waals surface area (Å²) >= 11 is 0. The fraction of sp³-hybridized carbons (Fsp3) is 0.704. The zero-order valence-corrected chi connectivity index (χ0v) is 19.1. The summed E-state index contributed by atoms with van der Waals surface area (Å²) in [7, 11) is 0. The number of hydrogen-bond acceptors (Lipinski definition) is 1. The summed E-state index contributed by atoms with van der Waals surface area (Å²) in [4.78, 5) is 0. The fourth-order valence-electron chi connectivity index (χ4n) is 4.65. The molecule has 0 N–H and O–H groups in total. The highest BCUT2D eigenvalue weighted by atomic mass is 19.3. The van der Waals surface area contributed by atoms with Crippen molar-refractivity contribution in [3.05, 3.63) is 47.5 Å². The number of allylic oxidation sites excluding steroid dienone is 2. The van der Waals surface area contributed by atoms with E-state index in [9.17, 15) is 8.78 Å². The van der Waals surface area contributed by atoms with Crippen LogP contribution < -0.4 is 0 Å². The highest BCUT2D eigenvalue weighted by molar-refractivity contribution is 5.22. The zero-order chi connectivity index (χ0) is 21.6. The molecule has 0 saturated heterocycles. The number of alkyl halides is 2. The summed E-state index contributed by atoms with van der Waals surface area (Å²) in [5.41, 5.74) is 2.33. The van der Waals surface area contributed by atoms with E-state index in [1.54, 1.807) is 0 Å². The topological polar surface area (TPSA) is 9.23 Å². The highest BCUT2D eigenvalue weighted by Crippen LogP contribution is 2.36. The third-order valence-electron chi connectivity index (χ3n) is 6.62. The molecular formula is C27H42F2O. The maximum Gasteiger partial charge on any atom is 0.264 e. The third kappa shape index (κ3) is 9.29. The molecule has 30 heavy (non-hydrogen) atoms. The Labute approximate surface area is 183 Å². The number of rotatable bonds is 14. The van der Waals surface area contributed by atoms with Gasteiger partial charge in [0.2, 0.25) is 0 Å². The van der Waals surface area contributed by atoms with Crippen LogP contribution in [0, 0.1) is 11.8 Å². The molecule has 1 unspecified atom stereocenters. The molecule has 3 heteroatoms. The average molecular weight is 421 g/mol. The van der Waals surface area contributed by atoms with Crippen molar-refractivity contribution in [2.45, 2.75) is 110 Å². The van der Waals surface area contributed by atoms with Gasteiger partial charge in [-0.3, -0.25) is 0 Å². The van der Waals surface area contributed by atoms with Gasteiger partial charge in [-0.2, -0.15) is 0 Å². The Hall–Kier alpha value is -1.22. The molecule has 0 heterocycles. The third-order valence-corrected chi connectivity index (χ3v) is 6.62. The van der Waals surface area contributed by atoms with Crippen LogP contribution >= 0.6 is 0 Å². The van der Waals surface area contributed by atoms with Crippen molar-refractivity contribution in [2.75, 3.05) is 0 Å². The first-order chi connectivity index (χ1) is 14.6. The Morgan fingerprint density at radius 3 is 2.27 bits per heavy atom. The van der Waals surface area contributed by atoms with Gasteiger partial charge < -0.3 is 4.74 Å². The number of hydrogen-bond donors (Lipinski definition) is 0. The second-order valence-electron chi connectivity index (χ2n) is 9.02. The van der Waals surface area contributed by atoms with Gasteiger partial charge in [-0.15, -0.1) is 0 Å². The van der Waals surface area contributed by atoms with E-state index in [0.29, 0.717) is 5.92 Å². The number of unbranched alkanes of at least 4 members (excludes halogenated alkanes) is 4. The van der Waals surface area contributed by atoms with Crippen LogP contribution in [-0.2, 0) is 17.8 Å². The Morgan fingerprint density at radius 1 is 0.967 bits per heavy atom. The van der Waals surface area contributed by atoms with Gasteiger partial charge in [-0.25, -0.2) is 8.78 Å². The standard InChI is InChI=1S/C27H42F2O/c1-3-5-7-8-10-12-22-13-15-24(16-14-22)21-30-26(27(28)29)25-19-17-23(18-20-25)11-9-6-4-2/h4,6,13-16,23,25-27H,3,5,7-12,17-21H2,1-2H3/b6-4+. The van der Waals surface area contributed by atoms with Gasteiger partial charge in [0, 0.05) is 0 Å². The number of halogens is 2. The molecule has 1 aliphatic rings.